The van der Waals surface area contributed by atoms with Crippen LogP contribution >= 0.6 is 0 Å². The van der Waals surface area contributed by atoms with Crippen molar-refractivity contribution in [2.24, 2.45) is 0 Å². The Kier molecular flexibility index (Phi) is 4.91. The summed E-state index contributed by atoms with van der Waals surface area (Å²) >= 11 is 0. The highest BCUT2D eigenvalue weighted by Crippen LogP contribution is 2.17. The average Bonchev–Trinajstić information content (AvgIpc) is 2.46. The van der Waals surface area contributed by atoms with Crippen LogP contribution < -0.4 is 4.90 Å². The van der Waals surface area contributed by atoms with Crippen LogP contribution in [0, 0.1) is 0 Å². The molecule has 1 aromatic rings. The predicted octanol–water partition coefficient (Wildman–Crippen LogP) is 2.68. The van der Waals surface area contributed by atoms with E-state index >= 15 is 0 Å². The third-order valence-corrected chi connectivity index (χ3v) is 3.56. The lowest BCUT2D eigenvalue weighted by Crippen LogP contribution is -2.36. The lowest BCUT2D eigenvalue weighted by molar-refractivity contribution is 0.0210. The van der Waals surface area contributed by atoms with E-state index in [0.717, 1.165) is 31.9 Å². The monoisotopic (exact) mass is 262 g/mol. The van der Waals surface area contributed by atoms with Crippen molar-refractivity contribution in [3.63, 3.8) is 0 Å². The first kappa shape index (κ1) is 14.0. The van der Waals surface area contributed by atoms with E-state index in [4.69, 9.17) is 4.74 Å². The second kappa shape index (κ2) is 6.66. The van der Waals surface area contributed by atoms with Crippen molar-refractivity contribution in [3.05, 3.63) is 23.9 Å². The van der Waals surface area contributed by atoms with Gasteiger partial charge >= 0.3 is 0 Å². The molecule has 1 fully saturated rings. The van der Waals surface area contributed by atoms with E-state index in [1.807, 2.05) is 12.1 Å². The molecule has 0 bridgehead atoms. The SMILES string of the molecule is CCN(CC1CCCCO1)c1ccc(C(C)=O)cn1. The molecular formula is C15H22N2O2. The van der Waals surface area contributed by atoms with Crippen LogP contribution in [0.15, 0.2) is 18.3 Å². The van der Waals surface area contributed by atoms with E-state index in [0.29, 0.717) is 11.7 Å². The first-order valence-electron chi connectivity index (χ1n) is 7.04. The molecule has 0 aromatic carbocycles. The number of anilines is 1. The van der Waals surface area contributed by atoms with Gasteiger partial charge in [0, 0.05) is 31.5 Å². The zero-order chi connectivity index (χ0) is 13.7. The highest BCUT2D eigenvalue weighted by atomic mass is 16.5. The molecular weight excluding hydrogens is 240 g/mol. The Bertz CT molecular complexity index is 411. The van der Waals surface area contributed by atoms with Gasteiger partial charge in [-0.25, -0.2) is 4.98 Å². The molecule has 0 N–H and O–H groups in total. The van der Waals surface area contributed by atoms with Crippen molar-refractivity contribution in [2.45, 2.75) is 39.2 Å². The molecule has 104 valence electrons. The van der Waals surface area contributed by atoms with Crippen LogP contribution in [0.25, 0.3) is 0 Å². The Morgan fingerprint density at radius 3 is 2.84 bits per heavy atom. The van der Waals surface area contributed by atoms with E-state index in [1.165, 1.54) is 12.8 Å². The molecule has 0 spiro atoms. The van der Waals surface area contributed by atoms with Crippen molar-refractivity contribution in [2.75, 3.05) is 24.6 Å². The Hall–Kier alpha value is -1.42. The molecule has 1 aliphatic heterocycles. The molecule has 4 nitrogen and oxygen atoms in total. The van der Waals surface area contributed by atoms with Crippen LogP contribution in [0.5, 0.6) is 0 Å². The van der Waals surface area contributed by atoms with E-state index < -0.39 is 0 Å². The zero-order valence-corrected chi connectivity index (χ0v) is 11.8. The zero-order valence-electron chi connectivity index (χ0n) is 11.8. The number of likely N-dealkylation sites (N-methyl/N-ethyl adjacent to an activating group) is 1. The second-order valence-electron chi connectivity index (χ2n) is 4.99. The maximum atomic E-state index is 11.2. The minimum absolute atomic E-state index is 0.0534. The summed E-state index contributed by atoms with van der Waals surface area (Å²) in [7, 11) is 0. The van der Waals surface area contributed by atoms with Crippen molar-refractivity contribution >= 4 is 11.6 Å². The van der Waals surface area contributed by atoms with Gasteiger partial charge in [-0.2, -0.15) is 0 Å². The van der Waals surface area contributed by atoms with Crippen LogP contribution in [0.4, 0.5) is 5.82 Å². The second-order valence-corrected chi connectivity index (χ2v) is 4.99. The van der Waals surface area contributed by atoms with Crippen LogP contribution in [0.3, 0.4) is 0 Å². The number of hydrogen-bond donors (Lipinski definition) is 0. The molecule has 1 atom stereocenters. The molecule has 0 saturated carbocycles. The summed E-state index contributed by atoms with van der Waals surface area (Å²) in [5.74, 6) is 0.972. The Labute approximate surface area is 114 Å². The molecule has 0 amide bonds. The summed E-state index contributed by atoms with van der Waals surface area (Å²) in [6, 6.07) is 3.76. The van der Waals surface area contributed by atoms with Gasteiger partial charge in [0.15, 0.2) is 5.78 Å². The summed E-state index contributed by atoms with van der Waals surface area (Å²) in [5.41, 5.74) is 0.661. The molecule has 0 aliphatic carbocycles. The fourth-order valence-corrected chi connectivity index (χ4v) is 2.36. The van der Waals surface area contributed by atoms with Gasteiger partial charge in [-0.3, -0.25) is 4.79 Å². The number of ether oxygens (including phenoxy) is 1. The number of rotatable bonds is 5. The number of aromatic nitrogens is 1. The minimum Gasteiger partial charge on any atom is -0.376 e. The highest BCUT2D eigenvalue weighted by molar-refractivity contribution is 5.93. The quantitative estimate of drug-likeness (QED) is 0.765. The summed E-state index contributed by atoms with van der Waals surface area (Å²) < 4.78 is 5.77. The molecule has 1 saturated heterocycles. The van der Waals surface area contributed by atoms with Gasteiger partial charge < -0.3 is 9.64 Å². The van der Waals surface area contributed by atoms with Crippen molar-refractivity contribution in [1.82, 2.24) is 4.98 Å². The van der Waals surface area contributed by atoms with Crippen LogP contribution in [0.2, 0.25) is 0 Å². The fraction of sp³-hybridized carbons (Fsp3) is 0.600. The van der Waals surface area contributed by atoms with E-state index in [-0.39, 0.29) is 5.78 Å². The highest BCUT2D eigenvalue weighted by Gasteiger charge is 2.18. The largest absolute Gasteiger partial charge is 0.376 e. The maximum absolute atomic E-state index is 11.2. The normalized spacial score (nSPS) is 19.2. The molecule has 2 heterocycles. The molecule has 1 aromatic heterocycles. The molecule has 0 radical (unpaired) electrons. The summed E-state index contributed by atoms with van der Waals surface area (Å²) in [6.07, 6.45) is 5.51. The minimum atomic E-state index is 0.0534. The molecule has 19 heavy (non-hydrogen) atoms. The van der Waals surface area contributed by atoms with E-state index in [2.05, 4.69) is 16.8 Å². The standard InChI is InChI=1S/C15H22N2O2/c1-3-17(11-14-6-4-5-9-19-14)15-8-7-13(10-16-15)12(2)18/h7-8,10,14H,3-6,9,11H2,1-2H3. The summed E-state index contributed by atoms with van der Waals surface area (Å²) in [6.45, 7) is 6.32. The maximum Gasteiger partial charge on any atom is 0.161 e. The van der Waals surface area contributed by atoms with Gasteiger partial charge in [-0.15, -0.1) is 0 Å². The lowest BCUT2D eigenvalue weighted by atomic mass is 10.1. The summed E-state index contributed by atoms with van der Waals surface area (Å²) in [4.78, 5) is 17.8. The van der Waals surface area contributed by atoms with E-state index in [9.17, 15) is 4.79 Å². The van der Waals surface area contributed by atoms with Crippen molar-refractivity contribution in [1.29, 1.82) is 0 Å². The number of hydrogen-bond acceptors (Lipinski definition) is 4. The topological polar surface area (TPSA) is 42.4 Å². The average molecular weight is 262 g/mol. The number of carbonyl (C=O) groups excluding carboxylic acids is 1. The number of nitrogens with zero attached hydrogens (tertiary/aromatic N) is 2. The molecule has 1 unspecified atom stereocenters. The van der Waals surface area contributed by atoms with Crippen LogP contribution in [0.1, 0.15) is 43.5 Å². The number of Topliss-reactive ketones (excluding diaryl/α,β-unsaturated/α-hetero) is 1. The molecule has 4 heteroatoms. The van der Waals surface area contributed by atoms with Crippen molar-refractivity contribution in [3.8, 4) is 0 Å². The first-order chi connectivity index (χ1) is 9.20. The van der Waals surface area contributed by atoms with Gasteiger partial charge in [-0.05, 0) is 45.2 Å². The number of pyridine rings is 1. The summed E-state index contributed by atoms with van der Waals surface area (Å²) in [5, 5.41) is 0. The van der Waals surface area contributed by atoms with E-state index in [1.54, 1.807) is 13.1 Å². The predicted molar refractivity (Wildman–Crippen MR) is 75.7 cm³/mol. The number of ketones is 1. The third-order valence-electron chi connectivity index (χ3n) is 3.56. The van der Waals surface area contributed by atoms with Gasteiger partial charge in [0.05, 0.1) is 6.10 Å². The number of carbonyl (C=O) groups is 1. The van der Waals surface area contributed by atoms with Crippen molar-refractivity contribution < 1.29 is 9.53 Å². The van der Waals surface area contributed by atoms with Gasteiger partial charge in [0.2, 0.25) is 0 Å². The van der Waals surface area contributed by atoms with Gasteiger partial charge in [0.1, 0.15) is 5.82 Å². The Balaban J connectivity index is 2.01. The Morgan fingerprint density at radius 1 is 1.47 bits per heavy atom. The smallest absolute Gasteiger partial charge is 0.161 e. The van der Waals surface area contributed by atoms with Gasteiger partial charge in [0.25, 0.3) is 0 Å². The molecule has 1 aliphatic rings. The Morgan fingerprint density at radius 2 is 2.32 bits per heavy atom. The van der Waals surface area contributed by atoms with Crippen LogP contribution in [-0.2, 0) is 4.74 Å². The fourth-order valence-electron chi connectivity index (χ4n) is 2.36. The molecule has 2 rings (SSSR count). The first-order valence-corrected chi connectivity index (χ1v) is 7.04. The van der Waals surface area contributed by atoms with Gasteiger partial charge in [-0.1, -0.05) is 0 Å². The third kappa shape index (κ3) is 3.77. The van der Waals surface area contributed by atoms with Crippen LogP contribution in [-0.4, -0.2) is 36.6 Å². The lowest BCUT2D eigenvalue weighted by Gasteiger charge is -2.30.